The average Bonchev–Trinajstić information content (AvgIpc) is 2.55. The highest BCUT2D eigenvalue weighted by Gasteiger charge is 2.22. The third-order valence-corrected chi connectivity index (χ3v) is 3.61. The molecule has 0 fully saturated rings. The standard InChI is InChI=1S/C17H18N2O4/c1-13-15(8-5-9-16(13)19(22)23)17(21)18(10-11-20)12-14-6-3-2-4-7-14/h2-9,20H,10-12H2,1H3. The number of benzene rings is 2. The van der Waals surface area contributed by atoms with Crippen molar-refractivity contribution in [2.45, 2.75) is 13.5 Å². The van der Waals surface area contributed by atoms with Crippen molar-refractivity contribution in [2.75, 3.05) is 13.2 Å². The minimum Gasteiger partial charge on any atom is -0.395 e. The largest absolute Gasteiger partial charge is 0.395 e. The van der Waals surface area contributed by atoms with Gasteiger partial charge in [0, 0.05) is 30.3 Å². The molecule has 2 aromatic rings. The first-order valence-corrected chi connectivity index (χ1v) is 7.22. The zero-order valence-corrected chi connectivity index (χ0v) is 12.8. The van der Waals surface area contributed by atoms with Crippen LogP contribution in [0.3, 0.4) is 0 Å². The molecule has 0 aliphatic carbocycles. The summed E-state index contributed by atoms with van der Waals surface area (Å²) < 4.78 is 0. The van der Waals surface area contributed by atoms with E-state index < -0.39 is 4.92 Å². The van der Waals surface area contributed by atoms with Gasteiger partial charge in [-0.3, -0.25) is 14.9 Å². The number of rotatable bonds is 6. The minimum absolute atomic E-state index is 0.0838. The van der Waals surface area contributed by atoms with Gasteiger partial charge in [0.25, 0.3) is 11.6 Å². The summed E-state index contributed by atoms with van der Waals surface area (Å²) in [6.07, 6.45) is 0. The van der Waals surface area contributed by atoms with E-state index in [1.807, 2.05) is 30.3 Å². The molecule has 0 heterocycles. The highest BCUT2D eigenvalue weighted by Crippen LogP contribution is 2.22. The molecular weight excluding hydrogens is 296 g/mol. The molecule has 2 rings (SSSR count). The molecule has 0 radical (unpaired) electrons. The predicted octanol–water partition coefficient (Wildman–Crippen LogP) is 2.54. The lowest BCUT2D eigenvalue weighted by Gasteiger charge is -2.22. The lowest BCUT2D eigenvalue weighted by Crippen LogP contribution is -2.33. The van der Waals surface area contributed by atoms with E-state index in [1.165, 1.54) is 17.0 Å². The molecule has 0 saturated heterocycles. The summed E-state index contributed by atoms with van der Waals surface area (Å²) in [5, 5.41) is 20.2. The van der Waals surface area contributed by atoms with Gasteiger partial charge in [0.15, 0.2) is 0 Å². The van der Waals surface area contributed by atoms with Gasteiger partial charge in [-0.2, -0.15) is 0 Å². The van der Waals surface area contributed by atoms with Crippen molar-refractivity contribution in [2.24, 2.45) is 0 Å². The van der Waals surface area contributed by atoms with Crippen molar-refractivity contribution in [1.82, 2.24) is 4.90 Å². The van der Waals surface area contributed by atoms with Crippen LogP contribution in [0.2, 0.25) is 0 Å². The Morgan fingerprint density at radius 3 is 2.48 bits per heavy atom. The van der Waals surface area contributed by atoms with Crippen LogP contribution in [0.5, 0.6) is 0 Å². The summed E-state index contributed by atoms with van der Waals surface area (Å²) >= 11 is 0. The normalized spacial score (nSPS) is 10.3. The van der Waals surface area contributed by atoms with Crippen LogP contribution in [0.15, 0.2) is 48.5 Å². The van der Waals surface area contributed by atoms with Gasteiger partial charge in [-0.1, -0.05) is 36.4 Å². The first-order chi connectivity index (χ1) is 11.0. The maximum absolute atomic E-state index is 12.7. The molecule has 0 atom stereocenters. The van der Waals surface area contributed by atoms with Gasteiger partial charge >= 0.3 is 0 Å². The van der Waals surface area contributed by atoms with Gasteiger partial charge in [0.05, 0.1) is 11.5 Å². The van der Waals surface area contributed by atoms with Gasteiger partial charge in [-0.15, -0.1) is 0 Å². The molecule has 120 valence electrons. The van der Waals surface area contributed by atoms with Crippen LogP contribution in [0, 0.1) is 17.0 Å². The second kappa shape index (κ2) is 7.51. The average molecular weight is 314 g/mol. The van der Waals surface area contributed by atoms with Crippen molar-refractivity contribution in [3.63, 3.8) is 0 Å². The molecule has 0 aromatic heterocycles. The van der Waals surface area contributed by atoms with Crippen LogP contribution >= 0.6 is 0 Å². The summed E-state index contributed by atoms with van der Waals surface area (Å²) in [5.74, 6) is -0.330. The summed E-state index contributed by atoms with van der Waals surface area (Å²) in [7, 11) is 0. The van der Waals surface area contributed by atoms with Crippen molar-refractivity contribution in [3.05, 3.63) is 75.3 Å². The summed E-state index contributed by atoms with van der Waals surface area (Å²) in [6, 6.07) is 13.8. The first-order valence-electron chi connectivity index (χ1n) is 7.22. The number of carbonyl (C=O) groups is 1. The van der Waals surface area contributed by atoms with Crippen LogP contribution in [0.1, 0.15) is 21.5 Å². The van der Waals surface area contributed by atoms with E-state index in [2.05, 4.69) is 0 Å². The Labute approximate surface area is 134 Å². The zero-order chi connectivity index (χ0) is 16.8. The fraction of sp³-hybridized carbons (Fsp3) is 0.235. The Morgan fingerprint density at radius 1 is 1.17 bits per heavy atom. The quantitative estimate of drug-likeness (QED) is 0.656. The third-order valence-electron chi connectivity index (χ3n) is 3.61. The number of nitro benzene ring substituents is 1. The number of hydrogen-bond acceptors (Lipinski definition) is 4. The molecule has 6 nitrogen and oxygen atoms in total. The van der Waals surface area contributed by atoms with Crippen LogP contribution in [0.25, 0.3) is 0 Å². The van der Waals surface area contributed by atoms with E-state index in [-0.39, 0.29) is 30.3 Å². The summed E-state index contributed by atoms with van der Waals surface area (Å²) in [5.41, 5.74) is 1.46. The van der Waals surface area contributed by atoms with Gasteiger partial charge in [-0.25, -0.2) is 0 Å². The van der Waals surface area contributed by atoms with E-state index >= 15 is 0 Å². The first kappa shape index (κ1) is 16.6. The van der Waals surface area contributed by atoms with Gasteiger partial charge < -0.3 is 10.0 Å². The van der Waals surface area contributed by atoms with Crippen LogP contribution in [-0.4, -0.2) is 34.0 Å². The van der Waals surface area contributed by atoms with Crippen molar-refractivity contribution in [3.8, 4) is 0 Å². The van der Waals surface area contributed by atoms with Crippen molar-refractivity contribution >= 4 is 11.6 Å². The van der Waals surface area contributed by atoms with E-state index in [4.69, 9.17) is 0 Å². The van der Waals surface area contributed by atoms with Crippen LogP contribution < -0.4 is 0 Å². The van der Waals surface area contributed by atoms with E-state index in [0.717, 1.165) is 5.56 Å². The van der Waals surface area contributed by atoms with Gasteiger partial charge in [0.2, 0.25) is 0 Å². The maximum Gasteiger partial charge on any atom is 0.273 e. The summed E-state index contributed by atoms with van der Waals surface area (Å²) in [6.45, 7) is 1.88. The topological polar surface area (TPSA) is 83.7 Å². The smallest absolute Gasteiger partial charge is 0.273 e. The third kappa shape index (κ3) is 3.92. The molecule has 2 aromatic carbocycles. The van der Waals surface area contributed by atoms with Crippen LogP contribution in [-0.2, 0) is 6.54 Å². The zero-order valence-electron chi connectivity index (χ0n) is 12.8. The molecule has 0 bridgehead atoms. The molecule has 1 amide bonds. The second-order valence-corrected chi connectivity index (χ2v) is 5.14. The molecular formula is C17H18N2O4. The minimum atomic E-state index is -0.500. The maximum atomic E-state index is 12.7. The number of aliphatic hydroxyl groups is 1. The number of nitrogens with zero attached hydrogens (tertiary/aromatic N) is 2. The fourth-order valence-corrected chi connectivity index (χ4v) is 2.40. The molecule has 0 spiro atoms. The molecule has 0 saturated carbocycles. The molecule has 0 aliphatic rings. The van der Waals surface area contributed by atoms with Crippen molar-refractivity contribution in [1.29, 1.82) is 0 Å². The molecule has 0 unspecified atom stereocenters. The number of aliphatic hydroxyl groups excluding tert-OH is 1. The second-order valence-electron chi connectivity index (χ2n) is 5.14. The van der Waals surface area contributed by atoms with Gasteiger partial charge in [-0.05, 0) is 18.6 Å². The van der Waals surface area contributed by atoms with Crippen LogP contribution in [0.4, 0.5) is 5.69 Å². The predicted molar refractivity (Wildman–Crippen MR) is 86.1 cm³/mol. The van der Waals surface area contributed by atoms with E-state index in [1.54, 1.807) is 13.0 Å². The Bertz CT molecular complexity index is 701. The molecule has 0 aliphatic heterocycles. The number of nitro groups is 1. The van der Waals surface area contributed by atoms with Gasteiger partial charge in [0.1, 0.15) is 0 Å². The lowest BCUT2D eigenvalue weighted by molar-refractivity contribution is -0.385. The summed E-state index contributed by atoms with van der Waals surface area (Å²) in [4.78, 5) is 24.7. The van der Waals surface area contributed by atoms with Crippen molar-refractivity contribution < 1.29 is 14.8 Å². The van der Waals surface area contributed by atoms with E-state index in [9.17, 15) is 20.0 Å². The molecule has 1 N–H and O–H groups in total. The Balaban J connectivity index is 2.31. The SMILES string of the molecule is Cc1c(C(=O)N(CCO)Cc2ccccc2)cccc1[N+](=O)[O-]. The molecule has 6 heteroatoms. The highest BCUT2D eigenvalue weighted by atomic mass is 16.6. The number of carbonyl (C=O) groups excluding carboxylic acids is 1. The Kier molecular flexibility index (Phi) is 5.43. The molecule has 23 heavy (non-hydrogen) atoms. The number of hydrogen-bond donors (Lipinski definition) is 1. The van der Waals surface area contributed by atoms with E-state index in [0.29, 0.717) is 12.1 Å². The fourth-order valence-electron chi connectivity index (χ4n) is 2.40. The Hall–Kier alpha value is -2.73. The Morgan fingerprint density at radius 2 is 1.87 bits per heavy atom. The highest BCUT2D eigenvalue weighted by molar-refractivity contribution is 5.96. The monoisotopic (exact) mass is 314 g/mol. The number of amides is 1. The lowest BCUT2D eigenvalue weighted by atomic mass is 10.1.